The van der Waals surface area contributed by atoms with Gasteiger partial charge in [0.15, 0.2) is 0 Å². The van der Waals surface area contributed by atoms with Crippen molar-refractivity contribution in [2.45, 2.75) is 56.6 Å². The predicted molar refractivity (Wildman–Crippen MR) is 109 cm³/mol. The van der Waals surface area contributed by atoms with Crippen LogP contribution in [0, 0.1) is 5.92 Å². The van der Waals surface area contributed by atoms with Gasteiger partial charge >= 0.3 is 0 Å². The van der Waals surface area contributed by atoms with E-state index in [0.29, 0.717) is 25.4 Å². The van der Waals surface area contributed by atoms with Crippen molar-refractivity contribution >= 4 is 16.8 Å². The lowest BCUT2D eigenvalue weighted by Crippen LogP contribution is -2.65. The maximum absolute atomic E-state index is 13.2. The Balaban J connectivity index is 1.60. The van der Waals surface area contributed by atoms with Gasteiger partial charge in [-0.2, -0.15) is 0 Å². The maximum Gasteiger partial charge on any atom is 0.227 e. The van der Waals surface area contributed by atoms with Gasteiger partial charge in [-0.15, -0.1) is 6.58 Å². The number of aromatic amines is 1. The van der Waals surface area contributed by atoms with E-state index in [1.54, 1.807) is 6.08 Å². The summed E-state index contributed by atoms with van der Waals surface area (Å²) >= 11 is 0. The molecular formula is C23H28N2O3. The smallest absolute Gasteiger partial charge is 0.227 e. The highest BCUT2D eigenvalue weighted by Gasteiger charge is 2.57. The summed E-state index contributed by atoms with van der Waals surface area (Å²) in [5.41, 5.74) is 2.23. The molecule has 1 saturated carbocycles. The second-order valence-electron chi connectivity index (χ2n) is 8.70. The van der Waals surface area contributed by atoms with Crippen molar-refractivity contribution in [3.63, 3.8) is 0 Å². The molecule has 3 fully saturated rings. The first-order valence-corrected chi connectivity index (χ1v) is 10.5. The molecule has 2 aromatic rings. The zero-order valence-electron chi connectivity index (χ0n) is 16.4. The van der Waals surface area contributed by atoms with E-state index in [1.165, 1.54) is 0 Å². The van der Waals surface area contributed by atoms with E-state index < -0.39 is 5.60 Å². The van der Waals surface area contributed by atoms with Crippen LogP contribution in [0.4, 0.5) is 0 Å². The summed E-state index contributed by atoms with van der Waals surface area (Å²) in [4.78, 5) is 18.7. The van der Waals surface area contributed by atoms with Crippen LogP contribution in [0.3, 0.4) is 0 Å². The van der Waals surface area contributed by atoms with Crippen molar-refractivity contribution in [1.29, 1.82) is 0 Å². The lowest BCUT2D eigenvalue weighted by atomic mass is 9.63. The minimum Gasteiger partial charge on any atom is -0.494 e. The Labute approximate surface area is 165 Å². The molecule has 2 N–H and O–H groups in total. The monoisotopic (exact) mass is 380 g/mol. The Morgan fingerprint density at radius 3 is 3.11 bits per heavy atom. The van der Waals surface area contributed by atoms with Crippen LogP contribution in [0.15, 0.2) is 30.9 Å². The molecule has 1 aliphatic carbocycles. The van der Waals surface area contributed by atoms with Crippen LogP contribution in [-0.4, -0.2) is 45.7 Å². The highest BCUT2D eigenvalue weighted by atomic mass is 16.5. The molecule has 4 heterocycles. The molecule has 4 bridgehead atoms. The third kappa shape index (κ3) is 2.52. The summed E-state index contributed by atoms with van der Waals surface area (Å²) in [6, 6.07) is 5.89. The highest BCUT2D eigenvalue weighted by Crippen LogP contribution is 2.52. The molecule has 2 saturated heterocycles. The minimum atomic E-state index is -1.01. The van der Waals surface area contributed by atoms with Gasteiger partial charge in [-0.25, -0.2) is 0 Å². The number of aromatic nitrogens is 1. The van der Waals surface area contributed by atoms with E-state index in [1.807, 2.05) is 17.0 Å². The zero-order chi connectivity index (χ0) is 19.5. The van der Waals surface area contributed by atoms with Gasteiger partial charge in [-0.3, -0.25) is 4.79 Å². The molecule has 148 valence electrons. The first-order chi connectivity index (χ1) is 13.5. The van der Waals surface area contributed by atoms with Crippen molar-refractivity contribution < 1.29 is 14.6 Å². The fourth-order valence-electron chi connectivity index (χ4n) is 5.69. The van der Waals surface area contributed by atoms with Gasteiger partial charge in [0, 0.05) is 29.1 Å². The number of nitrogens with zero attached hydrogens (tertiary/aromatic N) is 1. The quantitative estimate of drug-likeness (QED) is 0.616. The molecule has 5 nitrogen and oxygen atoms in total. The van der Waals surface area contributed by atoms with Crippen molar-refractivity contribution in [1.82, 2.24) is 9.88 Å². The number of ether oxygens (including phenoxy) is 1. The molecule has 4 aliphatic rings. The number of benzene rings is 1. The number of H-pyrrole nitrogens is 1. The number of unbranched alkanes of at least 4 members (excludes halogenated alkanes) is 1. The summed E-state index contributed by atoms with van der Waals surface area (Å²) in [7, 11) is 0. The van der Waals surface area contributed by atoms with Crippen LogP contribution < -0.4 is 4.74 Å². The van der Waals surface area contributed by atoms with E-state index in [9.17, 15) is 9.90 Å². The molecule has 3 aliphatic heterocycles. The molecule has 1 amide bonds. The number of aliphatic hydroxyl groups is 1. The van der Waals surface area contributed by atoms with Gasteiger partial charge in [-0.05, 0) is 48.9 Å². The molecule has 28 heavy (non-hydrogen) atoms. The lowest BCUT2D eigenvalue weighted by Gasteiger charge is -2.56. The third-order valence-corrected chi connectivity index (χ3v) is 6.94. The van der Waals surface area contributed by atoms with E-state index in [0.717, 1.165) is 53.7 Å². The largest absolute Gasteiger partial charge is 0.494 e. The Hall–Kier alpha value is -2.27. The third-order valence-electron chi connectivity index (χ3n) is 6.94. The summed E-state index contributed by atoms with van der Waals surface area (Å²) < 4.78 is 5.90. The number of carbonyl (C=O) groups is 1. The van der Waals surface area contributed by atoms with Gasteiger partial charge < -0.3 is 19.7 Å². The Bertz CT molecular complexity index is 949. The molecular weight excluding hydrogens is 352 g/mol. The summed E-state index contributed by atoms with van der Waals surface area (Å²) in [5, 5.41) is 12.3. The number of hydrogen-bond acceptors (Lipinski definition) is 3. The summed E-state index contributed by atoms with van der Waals surface area (Å²) in [6.45, 7) is 7.50. The first-order valence-electron chi connectivity index (χ1n) is 10.5. The van der Waals surface area contributed by atoms with Crippen LogP contribution in [0.25, 0.3) is 10.9 Å². The van der Waals surface area contributed by atoms with Gasteiger partial charge in [0.25, 0.3) is 0 Å². The molecule has 6 rings (SSSR count). The van der Waals surface area contributed by atoms with Gasteiger partial charge in [0.05, 0.1) is 19.1 Å². The molecule has 1 aromatic carbocycles. The number of rotatable bonds is 5. The van der Waals surface area contributed by atoms with Crippen LogP contribution in [0.2, 0.25) is 0 Å². The molecule has 0 radical (unpaired) electrons. The number of nitrogens with one attached hydrogen (secondary N) is 1. The lowest BCUT2D eigenvalue weighted by molar-refractivity contribution is -0.155. The zero-order valence-corrected chi connectivity index (χ0v) is 16.4. The highest BCUT2D eigenvalue weighted by molar-refractivity contribution is 5.92. The average molecular weight is 380 g/mol. The van der Waals surface area contributed by atoms with Crippen LogP contribution in [0.5, 0.6) is 5.75 Å². The van der Waals surface area contributed by atoms with Crippen molar-refractivity contribution in [3.05, 3.63) is 42.1 Å². The fourth-order valence-corrected chi connectivity index (χ4v) is 5.69. The molecule has 4 atom stereocenters. The summed E-state index contributed by atoms with van der Waals surface area (Å²) in [5.74, 6) is 1.39. The number of fused-ring (bicyclic) bond motifs is 4. The van der Waals surface area contributed by atoms with Gasteiger partial charge in [0.2, 0.25) is 5.91 Å². The molecule has 0 spiro atoms. The minimum absolute atomic E-state index is 0.108. The fraction of sp³-hybridized carbons (Fsp3) is 0.522. The first kappa shape index (κ1) is 17.8. The van der Waals surface area contributed by atoms with Crippen LogP contribution >= 0.6 is 0 Å². The Kier molecular flexibility index (Phi) is 4.05. The van der Waals surface area contributed by atoms with Gasteiger partial charge in [0.1, 0.15) is 11.4 Å². The predicted octanol–water partition coefficient (Wildman–Crippen LogP) is 3.52. The van der Waals surface area contributed by atoms with E-state index >= 15 is 0 Å². The van der Waals surface area contributed by atoms with Crippen molar-refractivity contribution in [3.8, 4) is 5.75 Å². The van der Waals surface area contributed by atoms with E-state index in [4.69, 9.17) is 4.74 Å². The van der Waals surface area contributed by atoms with Crippen LogP contribution in [-0.2, 0) is 11.2 Å². The number of hydrogen-bond donors (Lipinski definition) is 2. The molecule has 4 unspecified atom stereocenters. The standard InChI is InChI=1S/C23H28N2O3/c1-3-5-8-28-15-6-7-19-16(10-15)17-11-20(26)25-13-14-9-18(21(17)24-19)22(25)23(27,4-2)12-14/h4,6-7,10,14,18,22,24,27H,2-3,5,8-9,11-13H2,1H3. The van der Waals surface area contributed by atoms with Gasteiger partial charge in [-0.1, -0.05) is 19.4 Å². The number of carbonyl (C=O) groups excluding carboxylic acids is 1. The normalized spacial score (nSPS) is 31.0. The van der Waals surface area contributed by atoms with Crippen molar-refractivity contribution in [2.24, 2.45) is 5.92 Å². The SMILES string of the molecule is C=CC1(O)CC2CC3c4[nH]c5ccc(OCCCC)cc5c4CC(=O)N(C2)C31. The molecule has 1 aromatic heterocycles. The van der Waals surface area contributed by atoms with E-state index in [-0.39, 0.29) is 17.9 Å². The Morgan fingerprint density at radius 2 is 2.32 bits per heavy atom. The Morgan fingerprint density at radius 1 is 1.46 bits per heavy atom. The van der Waals surface area contributed by atoms with Crippen LogP contribution in [0.1, 0.15) is 49.8 Å². The summed E-state index contributed by atoms with van der Waals surface area (Å²) in [6.07, 6.45) is 5.87. The van der Waals surface area contributed by atoms with Crippen molar-refractivity contribution in [2.75, 3.05) is 13.2 Å². The number of piperidine rings is 2. The topological polar surface area (TPSA) is 65.6 Å². The molecule has 5 heteroatoms. The average Bonchev–Trinajstić information content (AvgIpc) is 3.02. The second-order valence-corrected chi connectivity index (χ2v) is 8.70. The maximum atomic E-state index is 13.2. The number of amides is 1. The van der Waals surface area contributed by atoms with E-state index in [2.05, 4.69) is 24.6 Å². The second kappa shape index (κ2) is 6.38.